The molecule has 0 atom stereocenters. The van der Waals surface area contributed by atoms with Gasteiger partial charge < -0.3 is 9.80 Å². The molecule has 1 aliphatic heterocycles. The zero-order valence-corrected chi connectivity index (χ0v) is 17.1. The average Bonchev–Trinajstić information content (AvgIpc) is 3.29. The zero-order chi connectivity index (χ0) is 22.0. The molecule has 2 aromatic carbocycles. The number of non-ortho nitro benzene ring substituents is 1. The lowest BCUT2D eigenvalue weighted by Gasteiger charge is -2.34. The molecule has 2 amide bonds. The van der Waals surface area contributed by atoms with E-state index in [0.717, 1.165) is 0 Å². The summed E-state index contributed by atoms with van der Waals surface area (Å²) in [5.41, 5.74) is 1.23. The van der Waals surface area contributed by atoms with Gasteiger partial charge in [-0.3, -0.25) is 19.7 Å². The lowest BCUT2D eigenvalue weighted by atomic mass is 10.2. The van der Waals surface area contributed by atoms with Crippen LogP contribution in [-0.4, -0.2) is 62.5 Å². The van der Waals surface area contributed by atoms with Crippen LogP contribution >= 0.6 is 11.6 Å². The summed E-state index contributed by atoms with van der Waals surface area (Å²) in [4.78, 5) is 39.3. The van der Waals surface area contributed by atoms with Gasteiger partial charge in [0.05, 0.1) is 10.6 Å². The number of halogens is 1. The van der Waals surface area contributed by atoms with Crippen molar-refractivity contribution in [3.05, 3.63) is 87.2 Å². The van der Waals surface area contributed by atoms with E-state index < -0.39 is 4.92 Å². The maximum atomic E-state index is 12.8. The van der Waals surface area contributed by atoms with Gasteiger partial charge in [-0.25, -0.2) is 4.68 Å². The maximum Gasteiger partial charge on any atom is 0.274 e. The topological polar surface area (TPSA) is 102 Å². The van der Waals surface area contributed by atoms with E-state index in [1.165, 1.54) is 16.8 Å². The van der Waals surface area contributed by atoms with Crippen molar-refractivity contribution in [3.63, 3.8) is 0 Å². The van der Waals surface area contributed by atoms with Crippen molar-refractivity contribution in [2.45, 2.75) is 0 Å². The number of carbonyl (C=O) groups is 2. The minimum absolute atomic E-state index is 0.0534. The molecule has 0 spiro atoms. The Hall–Kier alpha value is -3.72. The smallest absolute Gasteiger partial charge is 0.274 e. The fourth-order valence-corrected chi connectivity index (χ4v) is 3.51. The Labute approximate surface area is 182 Å². The van der Waals surface area contributed by atoms with E-state index in [-0.39, 0.29) is 23.2 Å². The Morgan fingerprint density at radius 3 is 2.23 bits per heavy atom. The van der Waals surface area contributed by atoms with Gasteiger partial charge in [0.2, 0.25) is 0 Å². The summed E-state index contributed by atoms with van der Waals surface area (Å²) < 4.78 is 1.43. The van der Waals surface area contributed by atoms with Crippen molar-refractivity contribution in [2.24, 2.45) is 0 Å². The van der Waals surface area contributed by atoms with E-state index in [1.807, 2.05) is 0 Å². The van der Waals surface area contributed by atoms with Gasteiger partial charge in [-0.05, 0) is 36.4 Å². The first-order valence-electron chi connectivity index (χ1n) is 9.57. The van der Waals surface area contributed by atoms with Crippen LogP contribution in [0.2, 0.25) is 5.02 Å². The molecule has 1 aromatic heterocycles. The van der Waals surface area contributed by atoms with Crippen molar-refractivity contribution in [2.75, 3.05) is 26.2 Å². The monoisotopic (exact) mass is 439 g/mol. The highest BCUT2D eigenvalue weighted by Crippen LogP contribution is 2.18. The maximum absolute atomic E-state index is 12.8. The third-order valence-electron chi connectivity index (χ3n) is 5.06. The number of nitrogens with zero attached hydrogens (tertiary/aromatic N) is 5. The molecule has 0 bridgehead atoms. The van der Waals surface area contributed by atoms with Crippen molar-refractivity contribution >= 4 is 29.1 Å². The summed E-state index contributed by atoms with van der Waals surface area (Å²) >= 11 is 5.87. The van der Waals surface area contributed by atoms with E-state index in [9.17, 15) is 19.7 Å². The minimum atomic E-state index is -0.482. The molecule has 3 aromatic rings. The van der Waals surface area contributed by atoms with Gasteiger partial charge in [0.25, 0.3) is 17.5 Å². The Bertz CT molecular complexity index is 1140. The second kappa shape index (κ2) is 8.57. The molecule has 1 saturated heterocycles. The van der Waals surface area contributed by atoms with E-state index in [4.69, 9.17) is 11.6 Å². The summed E-state index contributed by atoms with van der Waals surface area (Å²) in [6, 6.07) is 14.3. The Balaban J connectivity index is 1.40. The number of nitro benzene ring substituents is 1. The standard InChI is InChI=1S/C21H18ClN5O4/c22-16-6-4-15(5-7-16)20(28)24-10-12-25(13-11-24)21(29)19-8-9-26(23-19)17-2-1-3-18(14-17)27(30)31/h1-9,14H,10-13H2. The number of hydrogen-bond donors (Lipinski definition) is 0. The molecule has 1 fully saturated rings. The van der Waals surface area contributed by atoms with Crippen LogP contribution in [0.15, 0.2) is 60.8 Å². The molecule has 1 aliphatic rings. The van der Waals surface area contributed by atoms with Crippen molar-refractivity contribution < 1.29 is 14.5 Å². The van der Waals surface area contributed by atoms with Gasteiger partial charge in [0.15, 0.2) is 5.69 Å². The summed E-state index contributed by atoms with van der Waals surface area (Å²) in [6.07, 6.45) is 1.59. The SMILES string of the molecule is O=C(c1ccc(Cl)cc1)N1CCN(C(=O)c2ccn(-c3cccc([N+](=O)[O-])c3)n2)CC1. The molecule has 2 heterocycles. The minimum Gasteiger partial charge on any atom is -0.335 e. The molecular weight excluding hydrogens is 422 g/mol. The summed E-state index contributed by atoms with van der Waals surface area (Å²) in [6.45, 7) is 1.61. The fraction of sp³-hybridized carbons (Fsp3) is 0.190. The Morgan fingerprint density at radius 1 is 0.935 bits per heavy atom. The molecule has 0 aliphatic carbocycles. The highest BCUT2D eigenvalue weighted by molar-refractivity contribution is 6.30. The lowest BCUT2D eigenvalue weighted by molar-refractivity contribution is -0.384. The third kappa shape index (κ3) is 4.41. The van der Waals surface area contributed by atoms with E-state index in [1.54, 1.807) is 58.5 Å². The van der Waals surface area contributed by atoms with Crippen molar-refractivity contribution in [1.29, 1.82) is 0 Å². The van der Waals surface area contributed by atoms with Crippen LogP contribution < -0.4 is 0 Å². The predicted molar refractivity (Wildman–Crippen MR) is 113 cm³/mol. The van der Waals surface area contributed by atoms with Crippen LogP contribution in [0, 0.1) is 10.1 Å². The first kappa shape index (κ1) is 20.5. The second-order valence-corrected chi connectivity index (χ2v) is 7.45. The normalized spacial score (nSPS) is 13.8. The van der Waals surface area contributed by atoms with Gasteiger partial charge in [0, 0.05) is 55.1 Å². The molecule has 9 nitrogen and oxygen atoms in total. The summed E-state index contributed by atoms with van der Waals surface area (Å²) in [7, 11) is 0. The highest BCUT2D eigenvalue weighted by Gasteiger charge is 2.26. The second-order valence-electron chi connectivity index (χ2n) is 7.01. The molecule has 0 unspecified atom stereocenters. The lowest BCUT2D eigenvalue weighted by Crippen LogP contribution is -2.50. The van der Waals surface area contributed by atoms with Gasteiger partial charge in [-0.2, -0.15) is 5.10 Å². The van der Waals surface area contributed by atoms with Crippen LogP contribution in [0.1, 0.15) is 20.8 Å². The summed E-state index contributed by atoms with van der Waals surface area (Å²) in [5.74, 6) is -0.346. The third-order valence-corrected chi connectivity index (χ3v) is 5.31. The first-order valence-corrected chi connectivity index (χ1v) is 9.95. The number of aromatic nitrogens is 2. The highest BCUT2D eigenvalue weighted by atomic mass is 35.5. The van der Waals surface area contributed by atoms with Gasteiger partial charge in [-0.1, -0.05) is 17.7 Å². The van der Waals surface area contributed by atoms with Crippen LogP contribution in [0.4, 0.5) is 5.69 Å². The van der Waals surface area contributed by atoms with Crippen LogP contribution in [0.5, 0.6) is 0 Å². The predicted octanol–water partition coefficient (Wildman–Crippen LogP) is 3.03. The molecule has 158 valence electrons. The molecular formula is C21H18ClN5O4. The first-order chi connectivity index (χ1) is 14.9. The molecule has 0 N–H and O–H groups in total. The largest absolute Gasteiger partial charge is 0.335 e. The van der Waals surface area contributed by atoms with E-state index >= 15 is 0 Å². The molecule has 4 rings (SSSR count). The fourth-order valence-electron chi connectivity index (χ4n) is 3.38. The number of nitro groups is 1. The van der Waals surface area contributed by atoms with E-state index in [2.05, 4.69) is 5.10 Å². The van der Waals surface area contributed by atoms with E-state index in [0.29, 0.717) is 42.5 Å². The van der Waals surface area contributed by atoms with Crippen LogP contribution in [0.25, 0.3) is 5.69 Å². The van der Waals surface area contributed by atoms with Gasteiger partial charge >= 0.3 is 0 Å². The van der Waals surface area contributed by atoms with Crippen molar-refractivity contribution in [3.8, 4) is 5.69 Å². The Morgan fingerprint density at radius 2 is 1.58 bits per heavy atom. The number of benzene rings is 2. The molecule has 31 heavy (non-hydrogen) atoms. The molecule has 0 radical (unpaired) electrons. The van der Waals surface area contributed by atoms with Gasteiger partial charge in [0.1, 0.15) is 0 Å². The molecule has 10 heteroatoms. The number of carbonyl (C=O) groups excluding carboxylic acids is 2. The van der Waals surface area contributed by atoms with Crippen LogP contribution in [0.3, 0.4) is 0 Å². The number of rotatable bonds is 4. The van der Waals surface area contributed by atoms with Crippen molar-refractivity contribution in [1.82, 2.24) is 19.6 Å². The summed E-state index contributed by atoms with van der Waals surface area (Å²) in [5, 5.41) is 15.8. The quantitative estimate of drug-likeness (QED) is 0.459. The van der Waals surface area contributed by atoms with Gasteiger partial charge in [-0.15, -0.1) is 0 Å². The zero-order valence-electron chi connectivity index (χ0n) is 16.3. The number of hydrogen-bond acceptors (Lipinski definition) is 5. The average molecular weight is 440 g/mol. The Kier molecular flexibility index (Phi) is 5.68. The van der Waals surface area contributed by atoms with Crippen LogP contribution in [-0.2, 0) is 0 Å². The number of piperazine rings is 1. The number of amides is 2. The molecule has 0 saturated carbocycles.